The number of fused-ring (bicyclic) bond motifs is 1. The molecule has 0 unspecified atom stereocenters. The van der Waals surface area contributed by atoms with Crippen LogP contribution in [0, 0.1) is 0 Å². The number of nitrogens with one attached hydrogen (secondary N) is 1. The molecule has 0 radical (unpaired) electrons. The third-order valence-corrected chi connectivity index (χ3v) is 6.73. The second-order valence-corrected chi connectivity index (χ2v) is 8.45. The van der Waals surface area contributed by atoms with Crippen molar-refractivity contribution in [2.75, 3.05) is 26.8 Å². The molecule has 0 saturated heterocycles. The molecule has 2 N–H and O–H groups in total. The van der Waals surface area contributed by atoms with Gasteiger partial charge in [-0.1, -0.05) is 61.4 Å². The van der Waals surface area contributed by atoms with Gasteiger partial charge in [-0.25, -0.2) is 0 Å². The number of aliphatic hydroxyl groups is 1. The molecule has 0 aromatic heterocycles. The fourth-order valence-electron chi connectivity index (χ4n) is 5.27. The lowest BCUT2D eigenvalue weighted by atomic mass is 9.71. The van der Waals surface area contributed by atoms with Gasteiger partial charge in [0.15, 0.2) is 0 Å². The lowest BCUT2D eigenvalue weighted by Crippen LogP contribution is -2.61. The number of hydrogen-bond donors (Lipinski definition) is 2. The molecule has 2 aromatic carbocycles. The lowest BCUT2D eigenvalue weighted by Gasteiger charge is -2.50. The van der Waals surface area contributed by atoms with Gasteiger partial charge in [0.2, 0.25) is 5.91 Å². The van der Waals surface area contributed by atoms with Crippen LogP contribution in [0.25, 0.3) is 0 Å². The molecule has 1 aliphatic heterocycles. The van der Waals surface area contributed by atoms with Crippen molar-refractivity contribution in [3.05, 3.63) is 71.3 Å². The van der Waals surface area contributed by atoms with Crippen molar-refractivity contribution >= 4 is 11.8 Å². The fraction of sp³-hybridized carbons (Fsp3) is 0.440. The minimum Gasteiger partial charge on any atom is -0.387 e. The lowest BCUT2D eigenvalue weighted by molar-refractivity contribution is -0.127. The summed E-state index contributed by atoms with van der Waals surface area (Å²) < 4.78 is 5.28. The van der Waals surface area contributed by atoms with E-state index in [9.17, 15) is 14.7 Å². The smallest absolute Gasteiger partial charge is 0.254 e. The van der Waals surface area contributed by atoms with Crippen LogP contribution in [-0.2, 0) is 9.53 Å². The third kappa shape index (κ3) is 3.98. The average molecular weight is 423 g/mol. The molecule has 2 aromatic rings. The summed E-state index contributed by atoms with van der Waals surface area (Å²) >= 11 is 0. The van der Waals surface area contributed by atoms with Crippen LogP contribution in [0.2, 0.25) is 0 Å². The zero-order valence-electron chi connectivity index (χ0n) is 17.9. The Kier molecular flexibility index (Phi) is 6.39. The van der Waals surface area contributed by atoms with Gasteiger partial charge in [-0.15, -0.1) is 0 Å². The Hall–Kier alpha value is -2.70. The van der Waals surface area contributed by atoms with Gasteiger partial charge < -0.3 is 20.1 Å². The van der Waals surface area contributed by atoms with Crippen molar-refractivity contribution in [1.82, 2.24) is 10.2 Å². The van der Waals surface area contributed by atoms with Crippen LogP contribution in [0.4, 0.5) is 0 Å². The molecule has 4 rings (SSSR count). The van der Waals surface area contributed by atoms with Crippen molar-refractivity contribution in [2.24, 2.45) is 0 Å². The number of ether oxygens (including phenoxy) is 1. The fourth-order valence-corrected chi connectivity index (χ4v) is 5.27. The first-order valence-corrected chi connectivity index (χ1v) is 11.0. The Morgan fingerprint density at radius 3 is 2.55 bits per heavy atom. The molecule has 2 amide bonds. The van der Waals surface area contributed by atoms with Crippen molar-refractivity contribution in [3.8, 4) is 0 Å². The summed E-state index contributed by atoms with van der Waals surface area (Å²) in [5.74, 6) is -0.633. The average Bonchev–Trinajstić information content (AvgIpc) is 3.28. The second-order valence-electron chi connectivity index (χ2n) is 8.45. The van der Waals surface area contributed by atoms with Gasteiger partial charge in [-0.3, -0.25) is 9.59 Å². The van der Waals surface area contributed by atoms with E-state index in [0.29, 0.717) is 18.7 Å². The Bertz CT molecular complexity index is 924. The molecule has 2 atom stereocenters. The molecule has 6 heteroatoms. The molecular formula is C25H30N2O4. The maximum Gasteiger partial charge on any atom is 0.254 e. The van der Waals surface area contributed by atoms with E-state index in [0.717, 1.165) is 36.8 Å². The first kappa shape index (κ1) is 21.5. The van der Waals surface area contributed by atoms with Gasteiger partial charge in [0, 0.05) is 25.8 Å². The molecule has 2 aliphatic rings. The normalized spacial score (nSPS) is 20.5. The van der Waals surface area contributed by atoms with Crippen molar-refractivity contribution in [2.45, 2.75) is 43.2 Å². The van der Waals surface area contributed by atoms with E-state index in [2.05, 4.69) is 5.32 Å². The SMILES string of the molecule is COCCN1C(=O)c2ccccc2[C@H](C(=O)NC[C@H](O)c2ccccc2)C12CCCC2. The van der Waals surface area contributed by atoms with Gasteiger partial charge >= 0.3 is 0 Å². The largest absolute Gasteiger partial charge is 0.387 e. The molecule has 1 saturated carbocycles. The summed E-state index contributed by atoms with van der Waals surface area (Å²) in [6, 6.07) is 16.7. The number of aliphatic hydroxyl groups excluding tert-OH is 1. The highest BCUT2D eigenvalue weighted by molar-refractivity contribution is 6.02. The number of benzene rings is 2. The Morgan fingerprint density at radius 1 is 1.16 bits per heavy atom. The summed E-state index contributed by atoms with van der Waals surface area (Å²) in [5.41, 5.74) is 1.58. The standard InChI is InChI=1S/C25H30N2O4/c1-31-16-15-27-24(30)20-12-6-5-11-19(20)22(25(27)13-7-8-14-25)23(29)26-17-21(28)18-9-3-2-4-10-18/h2-6,9-12,21-22,28H,7-8,13-17H2,1H3,(H,26,29)/t21-,22+/m0/s1. The monoisotopic (exact) mass is 422 g/mol. The van der Waals surface area contributed by atoms with E-state index in [-0.39, 0.29) is 18.4 Å². The zero-order valence-corrected chi connectivity index (χ0v) is 17.9. The minimum absolute atomic E-state index is 0.0251. The molecule has 164 valence electrons. The molecule has 1 fully saturated rings. The number of carbonyl (C=O) groups is 2. The molecule has 1 heterocycles. The van der Waals surface area contributed by atoms with E-state index in [4.69, 9.17) is 4.74 Å². The third-order valence-electron chi connectivity index (χ3n) is 6.73. The van der Waals surface area contributed by atoms with Crippen molar-refractivity contribution in [3.63, 3.8) is 0 Å². The highest BCUT2D eigenvalue weighted by Crippen LogP contribution is 2.50. The predicted octanol–water partition coefficient (Wildman–Crippen LogP) is 3.04. The maximum atomic E-state index is 13.6. The van der Waals surface area contributed by atoms with Crippen LogP contribution in [0.15, 0.2) is 54.6 Å². The van der Waals surface area contributed by atoms with Gasteiger partial charge in [0.25, 0.3) is 5.91 Å². The Balaban J connectivity index is 1.65. The highest BCUT2D eigenvalue weighted by atomic mass is 16.5. The summed E-state index contributed by atoms with van der Waals surface area (Å²) in [6.45, 7) is 1.01. The molecule has 6 nitrogen and oxygen atoms in total. The number of hydrogen-bond acceptors (Lipinski definition) is 4. The van der Waals surface area contributed by atoms with E-state index >= 15 is 0 Å². The number of rotatable bonds is 7. The Morgan fingerprint density at radius 2 is 1.84 bits per heavy atom. The van der Waals surface area contributed by atoms with Crippen LogP contribution in [0.5, 0.6) is 0 Å². The number of amides is 2. The van der Waals surface area contributed by atoms with Crippen molar-refractivity contribution < 1.29 is 19.4 Å². The maximum absolute atomic E-state index is 13.6. The van der Waals surface area contributed by atoms with E-state index in [1.165, 1.54) is 0 Å². The van der Waals surface area contributed by atoms with Gasteiger partial charge in [0.05, 0.1) is 24.2 Å². The topological polar surface area (TPSA) is 78.9 Å². The predicted molar refractivity (Wildman–Crippen MR) is 118 cm³/mol. The quantitative estimate of drug-likeness (QED) is 0.719. The van der Waals surface area contributed by atoms with Crippen LogP contribution in [0.1, 0.15) is 59.2 Å². The van der Waals surface area contributed by atoms with Crippen LogP contribution in [0.3, 0.4) is 0 Å². The van der Waals surface area contributed by atoms with Crippen molar-refractivity contribution in [1.29, 1.82) is 0 Å². The number of carbonyl (C=O) groups excluding carboxylic acids is 2. The first-order chi connectivity index (χ1) is 15.1. The second kappa shape index (κ2) is 9.20. The van der Waals surface area contributed by atoms with Gasteiger partial charge in [-0.2, -0.15) is 0 Å². The number of methoxy groups -OCH3 is 1. The van der Waals surface area contributed by atoms with Gasteiger partial charge in [0.1, 0.15) is 0 Å². The van der Waals surface area contributed by atoms with E-state index in [1.807, 2.05) is 53.4 Å². The highest BCUT2D eigenvalue weighted by Gasteiger charge is 2.55. The summed E-state index contributed by atoms with van der Waals surface area (Å²) in [4.78, 5) is 28.9. The molecule has 1 aliphatic carbocycles. The summed E-state index contributed by atoms with van der Waals surface area (Å²) in [7, 11) is 1.62. The molecule has 31 heavy (non-hydrogen) atoms. The number of nitrogens with zero attached hydrogens (tertiary/aromatic N) is 1. The van der Waals surface area contributed by atoms with Crippen LogP contribution in [-0.4, -0.2) is 54.2 Å². The van der Waals surface area contributed by atoms with E-state index in [1.54, 1.807) is 13.2 Å². The Labute approximate surface area is 183 Å². The van der Waals surface area contributed by atoms with E-state index < -0.39 is 17.6 Å². The minimum atomic E-state index is -0.783. The summed E-state index contributed by atoms with van der Waals surface area (Å²) in [6.07, 6.45) is 2.76. The van der Waals surface area contributed by atoms with Gasteiger partial charge in [-0.05, 0) is 30.0 Å². The molecule has 1 spiro atoms. The summed E-state index contributed by atoms with van der Waals surface area (Å²) in [5, 5.41) is 13.5. The molecular weight excluding hydrogens is 392 g/mol. The van der Waals surface area contributed by atoms with Crippen LogP contribution < -0.4 is 5.32 Å². The van der Waals surface area contributed by atoms with Crippen LogP contribution >= 0.6 is 0 Å². The molecule has 0 bridgehead atoms. The first-order valence-electron chi connectivity index (χ1n) is 11.0. The zero-order chi connectivity index (χ0) is 21.8.